The van der Waals surface area contributed by atoms with Crippen molar-refractivity contribution in [1.82, 2.24) is 14.7 Å². The van der Waals surface area contributed by atoms with Gasteiger partial charge in [-0.2, -0.15) is 4.98 Å². The lowest BCUT2D eigenvalue weighted by molar-refractivity contribution is 0.372. The molecule has 0 amide bonds. The van der Waals surface area contributed by atoms with E-state index in [1.807, 2.05) is 4.57 Å². The molecular formula is C14H17N3O2S. The van der Waals surface area contributed by atoms with Crippen LogP contribution in [0.3, 0.4) is 0 Å². The van der Waals surface area contributed by atoms with Crippen LogP contribution in [0.15, 0.2) is 9.32 Å². The van der Waals surface area contributed by atoms with Crippen LogP contribution in [0.2, 0.25) is 0 Å². The van der Waals surface area contributed by atoms with Gasteiger partial charge in [-0.1, -0.05) is 22.9 Å². The van der Waals surface area contributed by atoms with E-state index in [1.54, 1.807) is 0 Å². The fourth-order valence-corrected chi connectivity index (χ4v) is 3.91. The number of fused-ring (bicyclic) bond motifs is 1. The summed E-state index contributed by atoms with van der Waals surface area (Å²) in [6.45, 7) is 0.459. The van der Waals surface area contributed by atoms with Crippen LogP contribution in [0.25, 0.3) is 0 Å². The minimum absolute atomic E-state index is 0.120. The smallest absolute Gasteiger partial charge is 0.307 e. The second kappa shape index (κ2) is 4.84. The fraction of sp³-hybridized carbons (Fsp3) is 0.643. The van der Waals surface area contributed by atoms with Gasteiger partial charge in [0.2, 0.25) is 5.89 Å². The molecule has 0 spiro atoms. The number of thiazole rings is 1. The predicted molar refractivity (Wildman–Crippen MR) is 75.2 cm³/mol. The molecule has 2 heterocycles. The summed E-state index contributed by atoms with van der Waals surface area (Å²) in [6.07, 6.45) is 7.96. The largest absolute Gasteiger partial charge is 0.339 e. The Balaban J connectivity index is 1.63. The van der Waals surface area contributed by atoms with E-state index in [4.69, 9.17) is 4.52 Å². The molecule has 2 aliphatic rings. The van der Waals surface area contributed by atoms with E-state index in [9.17, 15) is 4.79 Å². The summed E-state index contributed by atoms with van der Waals surface area (Å²) in [6, 6.07) is 0. The molecule has 2 aromatic heterocycles. The highest BCUT2D eigenvalue weighted by molar-refractivity contribution is 7.09. The Morgan fingerprint density at radius 3 is 2.95 bits per heavy atom. The number of aromatic nitrogens is 3. The molecule has 4 rings (SSSR count). The van der Waals surface area contributed by atoms with Gasteiger partial charge < -0.3 is 4.52 Å². The van der Waals surface area contributed by atoms with Gasteiger partial charge in [-0.05, 0) is 38.5 Å². The highest BCUT2D eigenvalue weighted by Crippen LogP contribution is 2.38. The molecular weight excluding hydrogens is 274 g/mol. The van der Waals surface area contributed by atoms with Gasteiger partial charge in [0.15, 0.2) is 5.82 Å². The topological polar surface area (TPSA) is 60.9 Å². The number of hydrogen-bond donors (Lipinski definition) is 0. The van der Waals surface area contributed by atoms with Gasteiger partial charge in [0.1, 0.15) is 0 Å². The third-order valence-electron chi connectivity index (χ3n) is 4.11. The first kappa shape index (κ1) is 12.3. The molecule has 0 radical (unpaired) electrons. The van der Waals surface area contributed by atoms with Crippen molar-refractivity contribution in [2.24, 2.45) is 0 Å². The van der Waals surface area contributed by atoms with Crippen molar-refractivity contribution in [3.8, 4) is 0 Å². The van der Waals surface area contributed by atoms with Gasteiger partial charge in [-0.25, -0.2) is 0 Å². The summed E-state index contributed by atoms with van der Waals surface area (Å²) >= 11 is 1.40. The van der Waals surface area contributed by atoms with E-state index < -0.39 is 0 Å². The lowest BCUT2D eigenvalue weighted by atomic mass is 10.2. The predicted octanol–water partition coefficient (Wildman–Crippen LogP) is 2.49. The molecule has 2 aromatic rings. The van der Waals surface area contributed by atoms with Crippen molar-refractivity contribution >= 4 is 11.3 Å². The van der Waals surface area contributed by atoms with E-state index in [2.05, 4.69) is 10.1 Å². The summed E-state index contributed by atoms with van der Waals surface area (Å²) in [5.41, 5.74) is 1.20. The Kier molecular flexibility index (Phi) is 2.98. The second-order valence-corrected chi connectivity index (χ2v) is 6.75. The molecule has 106 valence electrons. The van der Waals surface area contributed by atoms with Gasteiger partial charge in [0.25, 0.3) is 0 Å². The molecule has 6 heteroatoms. The maximum Gasteiger partial charge on any atom is 0.307 e. The summed E-state index contributed by atoms with van der Waals surface area (Å²) in [5, 5.41) is 4.02. The molecule has 20 heavy (non-hydrogen) atoms. The third kappa shape index (κ3) is 2.22. The normalized spacial score (nSPS) is 18.8. The standard InChI is InChI=1S/C14H17N3O2S/c18-14-17(10-4-2-1-3-5-11(10)20-14)8-12-15-13(19-16-12)9-6-7-9/h9H,1-8H2. The fourth-order valence-electron chi connectivity index (χ4n) is 2.83. The van der Waals surface area contributed by atoms with Gasteiger partial charge in [0, 0.05) is 16.5 Å². The summed E-state index contributed by atoms with van der Waals surface area (Å²) in [5.74, 6) is 1.85. The summed E-state index contributed by atoms with van der Waals surface area (Å²) < 4.78 is 7.13. The maximum atomic E-state index is 12.2. The molecule has 1 fully saturated rings. The Hall–Kier alpha value is -1.43. The van der Waals surface area contributed by atoms with Crippen LogP contribution in [-0.4, -0.2) is 14.7 Å². The maximum absolute atomic E-state index is 12.2. The highest BCUT2D eigenvalue weighted by Gasteiger charge is 2.29. The van der Waals surface area contributed by atoms with E-state index in [0.717, 1.165) is 31.6 Å². The monoisotopic (exact) mass is 291 g/mol. The molecule has 0 aliphatic heterocycles. The van der Waals surface area contributed by atoms with Crippen LogP contribution in [0.5, 0.6) is 0 Å². The lowest BCUT2D eigenvalue weighted by Gasteiger charge is -2.04. The Morgan fingerprint density at radius 2 is 2.10 bits per heavy atom. The zero-order chi connectivity index (χ0) is 13.5. The van der Waals surface area contributed by atoms with Crippen molar-refractivity contribution in [2.45, 2.75) is 57.4 Å². The number of hydrogen-bond acceptors (Lipinski definition) is 5. The first-order chi connectivity index (χ1) is 9.81. The molecule has 0 bridgehead atoms. The van der Waals surface area contributed by atoms with Crippen LogP contribution in [0, 0.1) is 0 Å². The van der Waals surface area contributed by atoms with Crippen LogP contribution in [-0.2, 0) is 19.4 Å². The van der Waals surface area contributed by atoms with Crippen LogP contribution in [0.1, 0.15) is 60.3 Å². The van der Waals surface area contributed by atoms with Crippen molar-refractivity contribution in [2.75, 3.05) is 0 Å². The van der Waals surface area contributed by atoms with Gasteiger partial charge in [0.05, 0.1) is 6.54 Å². The Morgan fingerprint density at radius 1 is 1.25 bits per heavy atom. The zero-order valence-corrected chi connectivity index (χ0v) is 12.1. The van der Waals surface area contributed by atoms with Gasteiger partial charge in [-0.3, -0.25) is 9.36 Å². The molecule has 0 N–H and O–H groups in total. The summed E-state index contributed by atoms with van der Waals surface area (Å²) in [4.78, 5) is 18.0. The average Bonchev–Trinajstić information content (AvgIpc) is 3.17. The van der Waals surface area contributed by atoms with Gasteiger partial charge >= 0.3 is 4.87 Å². The van der Waals surface area contributed by atoms with Crippen molar-refractivity contribution < 1.29 is 4.52 Å². The molecule has 0 unspecified atom stereocenters. The first-order valence-electron chi connectivity index (χ1n) is 7.35. The molecule has 0 aromatic carbocycles. The van der Waals surface area contributed by atoms with Crippen molar-refractivity contribution in [3.05, 3.63) is 32.0 Å². The van der Waals surface area contributed by atoms with Crippen molar-refractivity contribution in [3.63, 3.8) is 0 Å². The quantitative estimate of drug-likeness (QED) is 0.815. The first-order valence-corrected chi connectivity index (χ1v) is 8.17. The zero-order valence-electron chi connectivity index (χ0n) is 11.3. The summed E-state index contributed by atoms with van der Waals surface area (Å²) in [7, 11) is 0. The Bertz CT molecular complexity index is 681. The lowest BCUT2D eigenvalue weighted by Crippen LogP contribution is -2.17. The number of nitrogens with zero attached hydrogens (tertiary/aromatic N) is 3. The highest BCUT2D eigenvalue weighted by atomic mass is 32.1. The van der Waals surface area contributed by atoms with Crippen LogP contribution < -0.4 is 4.87 Å². The number of rotatable bonds is 3. The van der Waals surface area contributed by atoms with E-state index >= 15 is 0 Å². The van der Waals surface area contributed by atoms with Crippen LogP contribution in [0.4, 0.5) is 0 Å². The van der Waals surface area contributed by atoms with Gasteiger partial charge in [-0.15, -0.1) is 0 Å². The van der Waals surface area contributed by atoms with E-state index in [-0.39, 0.29) is 4.87 Å². The Labute approximate surface area is 120 Å². The minimum atomic E-state index is 0.120. The minimum Gasteiger partial charge on any atom is -0.339 e. The average molecular weight is 291 g/mol. The van der Waals surface area contributed by atoms with Crippen molar-refractivity contribution in [1.29, 1.82) is 0 Å². The second-order valence-electron chi connectivity index (χ2n) is 5.71. The van der Waals surface area contributed by atoms with E-state index in [0.29, 0.717) is 18.3 Å². The molecule has 1 saturated carbocycles. The molecule has 0 atom stereocenters. The van der Waals surface area contributed by atoms with E-state index in [1.165, 1.54) is 41.2 Å². The third-order valence-corrected chi connectivity index (χ3v) is 5.19. The molecule has 2 aliphatic carbocycles. The molecule has 5 nitrogen and oxygen atoms in total. The number of aryl methyl sites for hydroxylation is 1. The van der Waals surface area contributed by atoms with Crippen LogP contribution >= 0.6 is 11.3 Å². The molecule has 0 saturated heterocycles. The SMILES string of the molecule is O=c1sc2c(n1Cc1noc(C3CC3)n1)CCCCC2.